The summed E-state index contributed by atoms with van der Waals surface area (Å²) >= 11 is 0. The number of amides is 2. The van der Waals surface area contributed by atoms with Crippen LogP contribution in [0.2, 0.25) is 0 Å². The quantitative estimate of drug-likeness (QED) is 0.856. The van der Waals surface area contributed by atoms with Gasteiger partial charge in [0.05, 0.1) is 12.2 Å². The first-order valence-corrected chi connectivity index (χ1v) is 7.51. The van der Waals surface area contributed by atoms with E-state index in [0.29, 0.717) is 24.2 Å². The molecule has 1 aliphatic heterocycles. The van der Waals surface area contributed by atoms with E-state index in [9.17, 15) is 9.59 Å². The monoisotopic (exact) mass is 305 g/mol. The van der Waals surface area contributed by atoms with E-state index in [4.69, 9.17) is 10.5 Å². The number of ether oxygens (including phenoxy) is 1. The van der Waals surface area contributed by atoms with Crippen molar-refractivity contribution in [3.63, 3.8) is 0 Å². The van der Waals surface area contributed by atoms with Crippen LogP contribution in [0, 0.1) is 0 Å². The highest BCUT2D eigenvalue weighted by molar-refractivity contribution is 5.94. The summed E-state index contributed by atoms with van der Waals surface area (Å²) in [6.45, 7) is 6.51. The first kappa shape index (κ1) is 16.5. The Bertz CT molecular complexity index is 520. The van der Waals surface area contributed by atoms with Crippen LogP contribution in [-0.4, -0.2) is 48.6 Å². The van der Waals surface area contributed by atoms with Crippen molar-refractivity contribution in [1.82, 2.24) is 4.90 Å². The zero-order valence-corrected chi connectivity index (χ0v) is 13.0. The minimum atomic E-state index is -0.478. The lowest BCUT2D eigenvalue weighted by atomic mass is 10.2. The molecular weight excluding hydrogens is 282 g/mol. The molecule has 2 atom stereocenters. The largest absolute Gasteiger partial charge is 0.373 e. The van der Waals surface area contributed by atoms with Gasteiger partial charge < -0.3 is 15.8 Å². The number of anilines is 1. The fraction of sp³-hybridized carbons (Fsp3) is 0.500. The number of primary amides is 1. The fourth-order valence-corrected chi connectivity index (χ4v) is 2.67. The predicted molar refractivity (Wildman–Crippen MR) is 84.7 cm³/mol. The molecule has 0 saturated carbocycles. The van der Waals surface area contributed by atoms with Crippen LogP contribution in [-0.2, 0) is 9.53 Å². The van der Waals surface area contributed by atoms with Crippen molar-refractivity contribution in [2.75, 3.05) is 25.0 Å². The summed E-state index contributed by atoms with van der Waals surface area (Å²) in [5, 5.41) is 2.82. The highest BCUT2D eigenvalue weighted by Gasteiger charge is 2.22. The highest BCUT2D eigenvalue weighted by Crippen LogP contribution is 2.12. The zero-order valence-electron chi connectivity index (χ0n) is 13.0. The molecule has 0 spiro atoms. The van der Waals surface area contributed by atoms with Crippen molar-refractivity contribution in [1.29, 1.82) is 0 Å². The van der Waals surface area contributed by atoms with Crippen LogP contribution in [0.15, 0.2) is 24.3 Å². The minimum Gasteiger partial charge on any atom is -0.373 e. The summed E-state index contributed by atoms with van der Waals surface area (Å²) < 4.78 is 5.67. The number of benzene rings is 1. The molecule has 1 fully saturated rings. The molecule has 1 aliphatic rings. The number of carbonyl (C=O) groups is 2. The second-order valence-electron chi connectivity index (χ2n) is 5.76. The maximum Gasteiger partial charge on any atom is 0.248 e. The summed E-state index contributed by atoms with van der Waals surface area (Å²) in [4.78, 5) is 25.2. The molecule has 22 heavy (non-hydrogen) atoms. The number of nitrogens with one attached hydrogen (secondary N) is 1. The van der Waals surface area contributed by atoms with Crippen molar-refractivity contribution in [3.05, 3.63) is 29.8 Å². The Morgan fingerprint density at radius 2 is 1.82 bits per heavy atom. The molecule has 0 aliphatic carbocycles. The molecule has 0 bridgehead atoms. The molecule has 1 aromatic rings. The molecule has 0 radical (unpaired) electrons. The molecule has 2 rings (SSSR count). The Balaban J connectivity index is 1.79. The summed E-state index contributed by atoms with van der Waals surface area (Å²) in [6, 6.07) is 6.56. The minimum absolute atomic E-state index is 0.0429. The van der Waals surface area contributed by atoms with E-state index >= 15 is 0 Å². The van der Waals surface area contributed by atoms with Gasteiger partial charge in [-0.15, -0.1) is 0 Å². The highest BCUT2D eigenvalue weighted by atomic mass is 16.5. The third-order valence-electron chi connectivity index (χ3n) is 3.60. The van der Waals surface area contributed by atoms with Gasteiger partial charge in [-0.2, -0.15) is 0 Å². The van der Waals surface area contributed by atoms with Crippen molar-refractivity contribution in [3.8, 4) is 0 Å². The number of carbonyl (C=O) groups excluding carboxylic acids is 2. The molecule has 3 N–H and O–H groups in total. The molecule has 6 heteroatoms. The Morgan fingerprint density at radius 3 is 2.36 bits per heavy atom. The normalized spacial score (nSPS) is 22.3. The Hall–Kier alpha value is -1.92. The molecule has 1 heterocycles. The van der Waals surface area contributed by atoms with Crippen LogP contribution >= 0.6 is 0 Å². The topological polar surface area (TPSA) is 84.7 Å². The summed E-state index contributed by atoms with van der Waals surface area (Å²) in [6.07, 6.45) is 0.832. The van der Waals surface area contributed by atoms with Crippen LogP contribution in [0.5, 0.6) is 0 Å². The summed E-state index contributed by atoms with van der Waals surface area (Å²) in [7, 11) is 0. The van der Waals surface area contributed by atoms with Crippen LogP contribution in [0.4, 0.5) is 5.69 Å². The van der Waals surface area contributed by atoms with E-state index in [1.54, 1.807) is 24.3 Å². The lowest BCUT2D eigenvalue weighted by molar-refractivity contribution is -0.117. The molecule has 2 amide bonds. The SMILES string of the molecule is C[C@H]1CN(CCC(=O)Nc2ccc(C(N)=O)cc2)C[C@H](C)O1. The van der Waals surface area contributed by atoms with Gasteiger partial charge in [-0.25, -0.2) is 0 Å². The molecule has 1 aromatic carbocycles. The predicted octanol–water partition coefficient (Wildman–Crippen LogP) is 1.22. The number of nitrogens with two attached hydrogens (primary N) is 1. The maximum atomic E-state index is 12.0. The van der Waals surface area contributed by atoms with Gasteiger partial charge in [-0.05, 0) is 38.1 Å². The van der Waals surface area contributed by atoms with E-state index in [1.807, 2.05) is 13.8 Å². The van der Waals surface area contributed by atoms with Gasteiger partial charge in [-0.3, -0.25) is 14.5 Å². The zero-order chi connectivity index (χ0) is 16.1. The molecule has 6 nitrogen and oxygen atoms in total. The molecular formula is C16H23N3O3. The Labute approximate surface area is 130 Å². The molecule has 0 unspecified atom stereocenters. The van der Waals surface area contributed by atoms with E-state index < -0.39 is 5.91 Å². The van der Waals surface area contributed by atoms with Crippen molar-refractivity contribution in [2.24, 2.45) is 5.73 Å². The van der Waals surface area contributed by atoms with E-state index in [2.05, 4.69) is 10.2 Å². The van der Waals surface area contributed by atoms with E-state index in [0.717, 1.165) is 13.1 Å². The third kappa shape index (κ3) is 4.82. The van der Waals surface area contributed by atoms with Crippen LogP contribution in [0.3, 0.4) is 0 Å². The second-order valence-corrected chi connectivity index (χ2v) is 5.76. The first-order valence-electron chi connectivity index (χ1n) is 7.51. The van der Waals surface area contributed by atoms with Gasteiger partial charge in [0.1, 0.15) is 0 Å². The van der Waals surface area contributed by atoms with Crippen LogP contribution in [0.25, 0.3) is 0 Å². The third-order valence-corrected chi connectivity index (χ3v) is 3.60. The fourth-order valence-electron chi connectivity index (χ4n) is 2.67. The van der Waals surface area contributed by atoms with Crippen molar-refractivity contribution < 1.29 is 14.3 Å². The molecule has 0 aromatic heterocycles. The van der Waals surface area contributed by atoms with Crippen molar-refractivity contribution >= 4 is 17.5 Å². The van der Waals surface area contributed by atoms with E-state index in [-0.39, 0.29) is 18.1 Å². The van der Waals surface area contributed by atoms with Gasteiger partial charge in [0.15, 0.2) is 0 Å². The lowest BCUT2D eigenvalue weighted by Gasteiger charge is -2.35. The lowest BCUT2D eigenvalue weighted by Crippen LogP contribution is -2.46. The standard InChI is InChI=1S/C16H23N3O3/c1-11-9-19(10-12(2)22-11)8-7-15(20)18-14-5-3-13(4-6-14)16(17)21/h3-6,11-12H,7-10H2,1-2H3,(H2,17,21)(H,18,20)/t11-,12-/m0/s1. The number of morpholine rings is 1. The van der Waals surface area contributed by atoms with Crippen LogP contribution in [0.1, 0.15) is 30.6 Å². The maximum absolute atomic E-state index is 12.0. The smallest absolute Gasteiger partial charge is 0.248 e. The summed E-state index contributed by atoms with van der Waals surface area (Å²) in [5.41, 5.74) is 6.27. The van der Waals surface area contributed by atoms with Crippen molar-refractivity contribution in [2.45, 2.75) is 32.5 Å². The first-order chi connectivity index (χ1) is 10.4. The average molecular weight is 305 g/mol. The molecule has 120 valence electrons. The molecule has 1 saturated heterocycles. The number of hydrogen-bond donors (Lipinski definition) is 2. The van der Waals surface area contributed by atoms with E-state index in [1.165, 1.54) is 0 Å². The number of rotatable bonds is 5. The van der Waals surface area contributed by atoms with Gasteiger partial charge >= 0.3 is 0 Å². The average Bonchev–Trinajstić information content (AvgIpc) is 2.45. The Kier molecular flexibility index (Phi) is 5.51. The van der Waals surface area contributed by atoms with Gasteiger partial charge in [0, 0.05) is 37.3 Å². The van der Waals surface area contributed by atoms with Gasteiger partial charge in [0.2, 0.25) is 11.8 Å². The van der Waals surface area contributed by atoms with Crippen LogP contribution < -0.4 is 11.1 Å². The van der Waals surface area contributed by atoms with Gasteiger partial charge in [0.25, 0.3) is 0 Å². The number of hydrogen-bond acceptors (Lipinski definition) is 4. The second kappa shape index (κ2) is 7.38. The summed E-state index contributed by atoms with van der Waals surface area (Å²) in [5.74, 6) is -0.521. The Morgan fingerprint density at radius 1 is 1.23 bits per heavy atom. The van der Waals surface area contributed by atoms with Gasteiger partial charge in [-0.1, -0.05) is 0 Å². The number of nitrogens with zero attached hydrogens (tertiary/aromatic N) is 1.